The van der Waals surface area contributed by atoms with Gasteiger partial charge in [-0.15, -0.1) is 0 Å². The van der Waals surface area contributed by atoms with Crippen LogP contribution < -0.4 is 5.32 Å². The molecule has 0 aromatic carbocycles. The summed E-state index contributed by atoms with van der Waals surface area (Å²) in [6.45, 7) is 5.95. The van der Waals surface area contributed by atoms with Crippen LogP contribution in [0.1, 0.15) is 33.6 Å². The molecule has 0 aliphatic carbocycles. The molecule has 1 fully saturated rings. The number of likely N-dealkylation sites (tertiary alicyclic amines) is 1. The van der Waals surface area contributed by atoms with Crippen molar-refractivity contribution in [1.82, 2.24) is 15.1 Å². The fraction of sp³-hybridized carbons (Fsp3) is 0.786. The van der Waals surface area contributed by atoms with E-state index >= 15 is 0 Å². The van der Waals surface area contributed by atoms with Gasteiger partial charge in [-0.05, 0) is 33.6 Å². The Labute approximate surface area is 125 Å². The molecule has 0 spiro atoms. The molecule has 7 heteroatoms. The van der Waals surface area contributed by atoms with Crippen LogP contribution in [0, 0.1) is 5.92 Å². The van der Waals surface area contributed by atoms with Crippen molar-refractivity contribution >= 4 is 17.9 Å². The molecule has 1 unspecified atom stereocenters. The van der Waals surface area contributed by atoms with Gasteiger partial charge in [0.25, 0.3) is 0 Å². The van der Waals surface area contributed by atoms with Gasteiger partial charge >= 0.3 is 12.0 Å². The summed E-state index contributed by atoms with van der Waals surface area (Å²) in [7, 11) is 1.58. The molecule has 3 amide bonds. The number of amides is 3. The molecule has 2 N–H and O–H groups in total. The number of nitrogens with one attached hydrogen (secondary N) is 1. The van der Waals surface area contributed by atoms with Crippen LogP contribution in [0.15, 0.2) is 0 Å². The van der Waals surface area contributed by atoms with Crippen molar-refractivity contribution < 1.29 is 19.5 Å². The van der Waals surface area contributed by atoms with Crippen molar-refractivity contribution in [3.8, 4) is 0 Å². The summed E-state index contributed by atoms with van der Waals surface area (Å²) in [5.74, 6) is -1.34. The third-order valence-electron chi connectivity index (χ3n) is 3.64. The zero-order chi connectivity index (χ0) is 16.2. The number of carboxylic acid groups (broad SMARTS) is 1. The molecule has 0 aromatic heterocycles. The van der Waals surface area contributed by atoms with Gasteiger partial charge in [-0.1, -0.05) is 0 Å². The standard InChI is InChI=1S/C14H25N3O4/c1-14(2,3)17(9-11(18)19)13(21)16-7-5-6-10(8-16)12(20)15-4/h10H,5-9H2,1-4H3,(H,15,20)(H,18,19). The van der Waals surface area contributed by atoms with Crippen LogP contribution in [0.2, 0.25) is 0 Å². The van der Waals surface area contributed by atoms with E-state index < -0.39 is 11.5 Å². The number of nitrogens with zero attached hydrogens (tertiary/aromatic N) is 2. The SMILES string of the molecule is CNC(=O)C1CCCN(C(=O)N(CC(=O)O)C(C)(C)C)C1. The lowest BCUT2D eigenvalue weighted by atomic mass is 9.97. The first kappa shape index (κ1) is 17.3. The molecule has 1 aliphatic rings. The van der Waals surface area contributed by atoms with Crippen LogP contribution in [-0.4, -0.2) is 65.0 Å². The van der Waals surface area contributed by atoms with Gasteiger partial charge in [-0.2, -0.15) is 0 Å². The maximum atomic E-state index is 12.6. The molecule has 7 nitrogen and oxygen atoms in total. The Balaban J connectivity index is 2.83. The number of hydrogen-bond donors (Lipinski definition) is 2. The second-order valence-corrected chi connectivity index (χ2v) is 6.33. The van der Waals surface area contributed by atoms with Gasteiger partial charge in [0.1, 0.15) is 6.54 Å². The number of carbonyl (C=O) groups is 3. The maximum Gasteiger partial charge on any atom is 0.323 e. The van der Waals surface area contributed by atoms with E-state index in [9.17, 15) is 14.4 Å². The molecule has 1 rings (SSSR count). The van der Waals surface area contributed by atoms with Gasteiger partial charge in [0, 0.05) is 25.7 Å². The average molecular weight is 299 g/mol. The topological polar surface area (TPSA) is 90.0 Å². The molecule has 1 atom stereocenters. The quantitative estimate of drug-likeness (QED) is 0.804. The summed E-state index contributed by atoms with van der Waals surface area (Å²) < 4.78 is 0. The van der Waals surface area contributed by atoms with Crippen LogP contribution >= 0.6 is 0 Å². The zero-order valence-corrected chi connectivity index (χ0v) is 13.2. The van der Waals surface area contributed by atoms with Gasteiger partial charge in [0.2, 0.25) is 5.91 Å². The maximum absolute atomic E-state index is 12.6. The number of piperidine rings is 1. The average Bonchev–Trinajstić information content (AvgIpc) is 2.42. The molecule has 0 aromatic rings. The van der Waals surface area contributed by atoms with E-state index in [-0.39, 0.29) is 24.4 Å². The minimum atomic E-state index is -1.04. The molecule has 0 saturated carbocycles. The lowest BCUT2D eigenvalue weighted by molar-refractivity contribution is -0.139. The summed E-state index contributed by atoms with van der Waals surface area (Å²) in [5.41, 5.74) is -0.588. The number of rotatable bonds is 3. The minimum absolute atomic E-state index is 0.0759. The summed E-state index contributed by atoms with van der Waals surface area (Å²) >= 11 is 0. The highest BCUT2D eigenvalue weighted by Gasteiger charge is 2.35. The molecule has 1 aliphatic heterocycles. The molecule has 120 valence electrons. The first-order chi connectivity index (χ1) is 9.66. The number of urea groups is 1. The van der Waals surface area contributed by atoms with E-state index in [1.807, 2.05) is 0 Å². The van der Waals surface area contributed by atoms with Crippen molar-refractivity contribution in [2.24, 2.45) is 5.92 Å². The number of carbonyl (C=O) groups excluding carboxylic acids is 2. The van der Waals surface area contributed by atoms with E-state index in [1.54, 1.807) is 32.7 Å². The third-order valence-corrected chi connectivity index (χ3v) is 3.64. The van der Waals surface area contributed by atoms with Gasteiger partial charge in [0.05, 0.1) is 5.92 Å². The Morgan fingerprint density at radius 1 is 1.33 bits per heavy atom. The van der Waals surface area contributed by atoms with Gasteiger partial charge in [0.15, 0.2) is 0 Å². The van der Waals surface area contributed by atoms with E-state index in [2.05, 4.69) is 5.32 Å². The van der Waals surface area contributed by atoms with Crippen LogP contribution in [0.4, 0.5) is 4.79 Å². The first-order valence-corrected chi connectivity index (χ1v) is 7.16. The van der Waals surface area contributed by atoms with Crippen LogP contribution in [-0.2, 0) is 9.59 Å². The normalized spacial score (nSPS) is 19.0. The Morgan fingerprint density at radius 3 is 2.43 bits per heavy atom. The first-order valence-electron chi connectivity index (χ1n) is 7.16. The molecular formula is C14H25N3O4. The van der Waals surface area contributed by atoms with Crippen molar-refractivity contribution in [1.29, 1.82) is 0 Å². The van der Waals surface area contributed by atoms with E-state index in [1.165, 1.54) is 4.90 Å². The van der Waals surface area contributed by atoms with Crippen LogP contribution in [0.25, 0.3) is 0 Å². The second-order valence-electron chi connectivity index (χ2n) is 6.33. The highest BCUT2D eigenvalue weighted by molar-refractivity contribution is 5.83. The second kappa shape index (κ2) is 6.78. The third kappa shape index (κ3) is 4.61. The number of aliphatic carboxylic acids is 1. The summed E-state index contributed by atoms with van der Waals surface area (Å²) in [5, 5.41) is 11.6. The van der Waals surface area contributed by atoms with Crippen molar-refractivity contribution in [3.05, 3.63) is 0 Å². The molecule has 0 bridgehead atoms. The largest absolute Gasteiger partial charge is 0.480 e. The number of hydrogen-bond acceptors (Lipinski definition) is 3. The minimum Gasteiger partial charge on any atom is -0.480 e. The lowest BCUT2D eigenvalue weighted by Crippen LogP contribution is -2.56. The van der Waals surface area contributed by atoms with E-state index in [4.69, 9.17) is 5.11 Å². The predicted octanol–water partition coefficient (Wildman–Crippen LogP) is 0.750. The molecule has 1 heterocycles. The lowest BCUT2D eigenvalue weighted by Gasteiger charge is -2.40. The number of carboxylic acids is 1. The Kier molecular flexibility index (Phi) is 5.57. The van der Waals surface area contributed by atoms with Crippen LogP contribution in [0.3, 0.4) is 0 Å². The van der Waals surface area contributed by atoms with Crippen molar-refractivity contribution in [2.75, 3.05) is 26.7 Å². The highest BCUT2D eigenvalue weighted by Crippen LogP contribution is 2.21. The molecule has 1 saturated heterocycles. The van der Waals surface area contributed by atoms with E-state index in [0.717, 1.165) is 12.8 Å². The molecule has 0 radical (unpaired) electrons. The smallest absolute Gasteiger partial charge is 0.323 e. The zero-order valence-electron chi connectivity index (χ0n) is 13.2. The molecule has 21 heavy (non-hydrogen) atoms. The summed E-state index contributed by atoms with van der Waals surface area (Å²) in [6, 6.07) is -0.321. The van der Waals surface area contributed by atoms with Crippen molar-refractivity contribution in [3.63, 3.8) is 0 Å². The fourth-order valence-corrected chi connectivity index (χ4v) is 2.47. The summed E-state index contributed by atoms with van der Waals surface area (Å²) in [6.07, 6.45) is 1.49. The Hall–Kier alpha value is -1.79. The Morgan fingerprint density at radius 2 is 1.95 bits per heavy atom. The fourth-order valence-electron chi connectivity index (χ4n) is 2.47. The van der Waals surface area contributed by atoms with Gasteiger partial charge in [-0.3, -0.25) is 9.59 Å². The van der Waals surface area contributed by atoms with E-state index in [0.29, 0.717) is 13.1 Å². The Bertz CT molecular complexity index is 417. The van der Waals surface area contributed by atoms with Crippen molar-refractivity contribution in [2.45, 2.75) is 39.2 Å². The van der Waals surface area contributed by atoms with Gasteiger partial charge < -0.3 is 20.2 Å². The van der Waals surface area contributed by atoms with Gasteiger partial charge in [-0.25, -0.2) is 4.79 Å². The van der Waals surface area contributed by atoms with Crippen LogP contribution in [0.5, 0.6) is 0 Å². The molecular weight excluding hydrogens is 274 g/mol. The predicted molar refractivity (Wildman–Crippen MR) is 77.9 cm³/mol. The monoisotopic (exact) mass is 299 g/mol. The highest BCUT2D eigenvalue weighted by atomic mass is 16.4. The summed E-state index contributed by atoms with van der Waals surface area (Å²) in [4.78, 5) is 38.2.